The molecule has 176 valence electrons. The highest BCUT2D eigenvalue weighted by atomic mass is 28.4. The van der Waals surface area contributed by atoms with E-state index in [2.05, 4.69) is 6.55 Å². The lowest BCUT2D eigenvalue weighted by Gasteiger charge is -2.44. The van der Waals surface area contributed by atoms with E-state index in [0.29, 0.717) is 36.9 Å². The Morgan fingerprint density at radius 3 is 1.57 bits per heavy atom. The van der Waals surface area contributed by atoms with E-state index >= 15 is 0 Å². The monoisotopic (exact) mass is 458 g/mol. The van der Waals surface area contributed by atoms with E-state index in [1.165, 1.54) is 64.2 Å². The van der Waals surface area contributed by atoms with Crippen LogP contribution >= 0.6 is 0 Å². The van der Waals surface area contributed by atoms with Crippen molar-refractivity contribution in [2.24, 2.45) is 5.92 Å². The normalized spacial score (nSPS) is 20.8. The van der Waals surface area contributed by atoms with Crippen LogP contribution < -0.4 is 0 Å². The minimum absolute atomic E-state index is 0.0451. The van der Waals surface area contributed by atoms with Gasteiger partial charge in [0.1, 0.15) is 0 Å². The van der Waals surface area contributed by atoms with Gasteiger partial charge in [0.05, 0.1) is 5.92 Å². The first-order valence-corrected chi connectivity index (χ1v) is 17.0. The van der Waals surface area contributed by atoms with Crippen LogP contribution in [0.3, 0.4) is 0 Å². The second-order valence-electron chi connectivity index (χ2n) is 9.36. The van der Waals surface area contributed by atoms with Gasteiger partial charge in [0.2, 0.25) is 0 Å². The van der Waals surface area contributed by atoms with E-state index in [4.69, 9.17) is 17.7 Å². The first kappa shape index (κ1) is 26.0. The van der Waals surface area contributed by atoms with E-state index in [1.807, 2.05) is 27.7 Å². The van der Waals surface area contributed by atoms with E-state index in [1.54, 1.807) is 0 Å². The van der Waals surface area contributed by atoms with E-state index < -0.39 is 17.1 Å². The summed E-state index contributed by atoms with van der Waals surface area (Å²) in [5, 5.41) is 0. The summed E-state index contributed by atoms with van der Waals surface area (Å²) in [6, 6.07) is 0.501. The van der Waals surface area contributed by atoms with Crippen LogP contribution in [-0.4, -0.2) is 42.9 Å². The fourth-order valence-electron chi connectivity index (χ4n) is 5.59. The summed E-state index contributed by atoms with van der Waals surface area (Å²) in [5.74, 6) is -0.309. The van der Waals surface area contributed by atoms with E-state index in [9.17, 15) is 4.79 Å². The van der Waals surface area contributed by atoms with Crippen molar-refractivity contribution in [2.75, 3.05) is 19.8 Å². The van der Waals surface area contributed by atoms with Crippen molar-refractivity contribution in [1.82, 2.24) is 0 Å². The topological polar surface area (TPSA) is 54.0 Å². The molecule has 7 heteroatoms. The van der Waals surface area contributed by atoms with Crippen LogP contribution in [0.4, 0.5) is 0 Å². The molecular weight excluding hydrogens is 412 g/mol. The van der Waals surface area contributed by atoms with Crippen LogP contribution in [0, 0.1) is 5.92 Å². The fraction of sp³-hybridized carbons (Fsp3) is 0.957. The van der Waals surface area contributed by atoms with Gasteiger partial charge in [0.15, 0.2) is 0 Å². The molecule has 0 aliphatic heterocycles. The molecule has 0 saturated heterocycles. The molecule has 2 aliphatic rings. The molecule has 2 rings (SSSR count). The third-order valence-corrected chi connectivity index (χ3v) is 15.5. The van der Waals surface area contributed by atoms with Crippen molar-refractivity contribution in [3.05, 3.63) is 0 Å². The minimum atomic E-state index is -2.86. The molecule has 0 amide bonds. The van der Waals surface area contributed by atoms with Crippen LogP contribution in [0.1, 0.15) is 91.9 Å². The van der Waals surface area contributed by atoms with Crippen LogP contribution in [0.2, 0.25) is 23.7 Å². The Morgan fingerprint density at radius 2 is 1.20 bits per heavy atom. The quantitative estimate of drug-likeness (QED) is 0.314. The molecule has 5 nitrogen and oxygen atoms in total. The van der Waals surface area contributed by atoms with Gasteiger partial charge in [-0.3, -0.25) is 4.79 Å². The molecule has 1 unspecified atom stereocenters. The van der Waals surface area contributed by atoms with Gasteiger partial charge in [-0.05, 0) is 64.1 Å². The molecule has 0 aromatic heterocycles. The third-order valence-electron chi connectivity index (χ3n) is 7.20. The van der Waals surface area contributed by atoms with Crippen LogP contribution in [0.15, 0.2) is 0 Å². The smallest absolute Gasteiger partial charge is 0.501 e. The maximum absolute atomic E-state index is 13.4. The Hall–Kier alpha value is -0.216. The van der Waals surface area contributed by atoms with Gasteiger partial charge in [0.25, 0.3) is 14.3 Å². The molecule has 0 N–H and O–H groups in total. The molecule has 30 heavy (non-hydrogen) atoms. The summed E-state index contributed by atoms with van der Waals surface area (Å²) in [6.07, 6.45) is 12.8. The molecule has 0 heterocycles. The molecule has 0 aromatic rings. The van der Waals surface area contributed by atoms with Crippen LogP contribution in [-0.2, 0) is 22.5 Å². The van der Waals surface area contributed by atoms with Crippen molar-refractivity contribution in [3.63, 3.8) is 0 Å². The maximum atomic E-state index is 13.4. The van der Waals surface area contributed by atoms with Crippen LogP contribution in [0.25, 0.3) is 0 Å². The molecule has 2 saturated carbocycles. The molecule has 0 bridgehead atoms. The molecule has 0 spiro atoms. The summed E-state index contributed by atoms with van der Waals surface area (Å²) in [7, 11) is -5.02. The van der Waals surface area contributed by atoms with Crippen LogP contribution in [0.5, 0.6) is 0 Å². The Labute approximate surface area is 187 Å². The van der Waals surface area contributed by atoms with Gasteiger partial charge in [-0.25, -0.2) is 0 Å². The lowest BCUT2D eigenvalue weighted by molar-refractivity contribution is -0.139. The second-order valence-corrected chi connectivity index (χ2v) is 16.2. The van der Waals surface area contributed by atoms with Crippen molar-refractivity contribution in [2.45, 2.75) is 116 Å². The average molecular weight is 459 g/mol. The van der Waals surface area contributed by atoms with Crippen molar-refractivity contribution >= 4 is 23.1 Å². The average Bonchev–Trinajstić information content (AvgIpc) is 2.75. The summed E-state index contributed by atoms with van der Waals surface area (Å²) < 4.78 is 24.6. The lowest BCUT2D eigenvalue weighted by Crippen LogP contribution is -2.51. The second kappa shape index (κ2) is 12.7. The van der Waals surface area contributed by atoms with Gasteiger partial charge >= 0.3 is 8.80 Å². The Morgan fingerprint density at radius 1 is 0.800 bits per heavy atom. The molecular formula is C23H46O5Si2. The summed E-state index contributed by atoms with van der Waals surface area (Å²) in [4.78, 5) is 13.4. The molecule has 0 aromatic carbocycles. The first-order chi connectivity index (χ1) is 14.4. The SMILES string of the molecule is CCO[Si](CC(C)C(=O)O[Si](C)(C1CCCCC1)C1CCCCC1)(OCC)OCC. The van der Waals surface area contributed by atoms with Crippen molar-refractivity contribution in [3.8, 4) is 0 Å². The number of hydrogen-bond acceptors (Lipinski definition) is 5. The zero-order valence-electron chi connectivity index (χ0n) is 20.2. The number of carbonyl (C=O) groups is 1. The van der Waals surface area contributed by atoms with Gasteiger partial charge in [0, 0.05) is 25.9 Å². The predicted molar refractivity (Wildman–Crippen MR) is 126 cm³/mol. The Balaban J connectivity index is 2.14. The van der Waals surface area contributed by atoms with Crippen molar-refractivity contribution < 1.29 is 22.5 Å². The fourth-order valence-corrected chi connectivity index (χ4v) is 13.2. The third kappa shape index (κ3) is 6.89. The number of carbonyl (C=O) groups excluding carboxylic acids is 1. The lowest BCUT2D eigenvalue weighted by atomic mass is 9.99. The number of rotatable bonds is 12. The maximum Gasteiger partial charge on any atom is 0.501 e. The largest absolute Gasteiger partial charge is 0.519 e. The highest BCUT2D eigenvalue weighted by Crippen LogP contribution is 2.49. The summed E-state index contributed by atoms with van der Waals surface area (Å²) in [6.45, 7) is 11.8. The highest BCUT2D eigenvalue weighted by molar-refractivity contribution is 6.76. The van der Waals surface area contributed by atoms with Gasteiger partial charge in [-0.15, -0.1) is 0 Å². The van der Waals surface area contributed by atoms with Crippen molar-refractivity contribution in [1.29, 1.82) is 0 Å². The molecule has 0 radical (unpaired) electrons. The van der Waals surface area contributed by atoms with Gasteiger partial charge in [-0.2, -0.15) is 0 Å². The Kier molecular flexibility index (Phi) is 11.0. The Bertz CT molecular complexity index is 469. The van der Waals surface area contributed by atoms with Gasteiger partial charge in [-0.1, -0.05) is 45.4 Å². The zero-order valence-corrected chi connectivity index (χ0v) is 22.2. The summed E-state index contributed by atoms with van der Waals surface area (Å²) in [5.41, 5.74) is 1.25. The molecule has 2 aliphatic carbocycles. The first-order valence-electron chi connectivity index (χ1n) is 12.6. The summed E-state index contributed by atoms with van der Waals surface area (Å²) >= 11 is 0. The standard InChI is InChI=1S/C23H46O5Si2/c1-6-25-30(26-7-2,27-8-3)19-20(4)23(24)28-29(5,21-15-11-9-12-16-21)22-17-13-10-14-18-22/h20-22H,6-19H2,1-5H3. The molecule has 1 atom stereocenters. The molecule has 2 fully saturated rings. The van der Waals surface area contributed by atoms with E-state index in [0.717, 1.165) is 0 Å². The number of hydrogen-bond donors (Lipinski definition) is 0. The highest BCUT2D eigenvalue weighted by Gasteiger charge is 2.50. The zero-order chi connectivity index (χ0) is 22.0. The predicted octanol–water partition coefficient (Wildman–Crippen LogP) is 6.46. The van der Waals surface area contributed by atoms with Gasteiger partial charge < -0.3 is 17.7 Å². The van der Waals surface area contributed by atoms with E-state index in [-0.39, 0.29) is 11.9 Å². The minimum Gasteiger partial charge on any atom is -0.519 e.